The van der Waals surface area contributed by atoms with Crippen molar-refractivity contribution >= 4 is 11.9 Å². The highest BCUT2D eigenvalue weighted by molar-refractivity contribution is 5.67. The Balaban J connectivity index is 1.66. The van der Waals surface area contributed by atoms with E-state index < -0.39 is 46.1 Å². The monoisotopic (exact) mass is 452 g/mol. The van der Waals surface area contributed by atoms with E-state index in [0.717, 1.165) is 6.42 Å². The first-order valence-electron chi connectivity index (χ1n) is 11.9. The van der Waals surface area contributed by atoms with E-state index in [-0.39, 0.29) is 42.5 Å². The Kier molecular flexibility index (Phi) is 4.71. The second kappa shape index (κ2) is 6.68. The molecule has 0 aromatic rings. The van der Waals surface area contributed by atoms with Crippen molar-refractivity contribution < 1.29 is 39.1 Å². The van der Waals surface area contributed by atoms with E-state index in [2.05, 4.69) is 6.92 Å². The summed E-state index contributed by atoms with van der Waals surface area (Å²) in [6.07, 6.45) is -0.964. The van der Waals surface area contributed by atoms with Gasteiger partial charge in [-0.3, -0.25) is 9.59 Å². The summed E-state index contributed by atoms with van der Waals surface area (Å²) in [6.45, 7) is 8.62. The predicted octanol–water partition coefficient (Wildman–Crippen LogP) is 1.18. The minimum Gasteiger partial charge on any atom is -0.462 e. The average molecular weight is 453 g/mol. The topological polar surface area (TPSA) is 123 Å². The van der Waals surface area contributed by atoms with Crippen LogP contribution >= 0.6 is 0 Å². The van der Waals surface area contributed by atoms with Crippen molar-refractivity contribution in [1.82, 2.24) is 0 Å². The number of hydrogen-bond donors (Lipinski definition) is 3. The first kappa shape index (κ1) is 22.6. The van der Waals surface area contributed by atoms with Crippen molar-refractivity contribution in [3.63, 3.8) is 0 Å². The molecule has 0 aromatic heterocycles. The maximum atomic E-state index is 12.2. The van der Waals surface area contributed by atoms with E-state index in [1.165, 1.54) is 13.8 Å². The van der Waals surface area contributed by atoms with E-state index in [9.17, 15) is 24.9 Å². The average Bonchev–Trinajstić information content (AvgIpc) is 3.07. The highest BCUT2D eigenvalue weighted by Crippen LogP contribution is 2.77. The molecule has 2 saturated heterocycles. The van der Waals surface area contributed by atoms with Crippen molar-refractivity contribution in [2.75, 3.05) is 6.61 Å². The molecule has 4 aliphatic carbocycles. The zero-order valence-electron chi connectivity index (χ0n) is 19.5. The molecule has 3 N–H and O–H groups in total. The molecule has 32 heavy (non-hydrogen) atoms. The van der Waals surface area contributed by atoms with Crippen molar-refractivity contribution in [2.45, 2.75) is 96.4 Å². The third-order valence-corrected chi connectivity index (χ3v) is 10.1. The smallest absolute Gasteiger partial charge is 0.303 e. The maximum Gasteiger partial charge on any atom is 0.303 e. The Hall–Kier alpha value is -1.22. The van der Waals surface area contributed by atoms with E-state index in [1.807, 2.05) is 13.8 Å². The summed E-state index contributed by atoms with van der Waals surface area (Å²) in [5.74, 6) is -1.35. The van der Waals surface area contributed by atoms with Gasteiger partial charge in [-0.15, -0.1) is 0 Å². The summed E-state index contributed by atoms with van der Waals surface area (Å²) in [5.41, 5.74) is -2.98. The maximum absolute atomic E-state index is 12.2. The lowest BCUT2D eigenvalue weighted by Crippen LogP contribution is -2.76. The van der Waals surface area contributed by atoms with Crippen LogP contribution in [0.15, 0.2) is 0 Å². The van der Waals surface area contributed by atoms with Crippen molar-refractivity contribution in [3.05, 3.63) is 0 Å². The summed E-state index contributed by atoms with van der Waals surface area (Å²) < 4.78 is 17.9. The Morgan fingerprint density at radius 3 is 2.28 bits per heavy atom. The Bertz CT molecular complexity index is 842. The van der Waals surface area contributed by atoms with Crippen molar-refractivity contribution in [3.8, 4) is 0 Å². The molecule has 4 bridgehead atoms. The summed E-state index contributed by atoms with van der Waals surface area (Å²) in [6, 6.07) is 0. The first-order chi connectivity index (χ1) is 14.9. The van der Waals surface area contributed by atoms with Gasteiger partial charge in [0.1, 0.15) is 17.8 Å². The van der Waals surface area contributed by atoms with Crippen molar-refractivity contribution in [2.24, 2.45) is 34.0 Å². The summed E-state index contributed by atoms with van der Waals surface area (Å²) in [5, 5.41) is 33.7. The Morgan fingerprint density at radius 1 is 1.06 bits per heavy atom. The van der Waals surface area contributed by atoms with Crippen LogP contribution in [-0.2, 0) is 23.8 Å². The highest BCUT2D eigenvalue weighted by atomic mass is 16.6. The number of carbonyl (C=O) groups excluding carboxylic acids is 2. The van der Waals surface area contributed by atoms with Crippen LogP contribution in [-0.4, -0.2) is 70.0 Å². The lowest BCUT2D eigenvalue weighted by atomic mass is 9.38. The molecule has 2 aliphatic heterocycles. The number of ether oxygens (including phenoxy) is 3. The van der Waals surface area contributed by atoms with Gasteiger partial charge in [0.05, 0.1) is 24.9 Å². The van der Waals surface area contributed by atoms with Gasteiger partial charge in [-0.05, 0) is 37.0 Å². The fourth-order valence-electron chi connectivity index (χ4n) is 9.44. The normalized spacial score (nSPS) is 54.6. The van der Waals surface area contributed by atoms with Gasteiger partial charge < -0.3 is 29.5 Å². The molecule has 6 rings (SSSR count). The summed E-state index contributed by atoms with van der Waals surface area (Å²) in [7, 11) is 0. The second-order valence-corrected chi connectivity index (χ2v) is 11.9. The van der Waals surface area contributed by atoms with Gasteiger partial charge in [0.25, 0.3) is 0 Å². The summed E-state index contributed by atoms with van der Waals surface area (Å²) in [4.78, 5) is 24.0. The van der Waals surface area contributed by atoms with Gasteiger partial charge in [0.15, 0.2) is 0 Å². The number of hydrogen-bond acceptors (Lipinski definition) is 8. The number of esters is 2. The standard InChI is InChI=1S/C24H36O8/c1-11(26)30-15-6-7-22(5)17-14-8-13-9-23(17,20(29)24(13,10-25)32-14)19(28)16(31-12(2)27)18(22)21(15,3)4/h13-20,25,28-29H,6-10H2,1-5H3/t13-,14+,15+,16-,17+,18-,19+,20+,22-,23-,24-/m1/s1. The van der Waals surface area contributed by atoms with E-state index in [4.69, 9.17) is 14.2 Å². The van der Waals surface area contributed by atoms with Crippen LogP contribution in [0.3, 0.4) is 0 Å². The van der Waals surface area contributed by atoms with Crippen molar-refractivity contribution in [1.29, 1.82) is 0 Å². The highest BCUT2D eigenvalue weighted by Gasteiger charge is 2.83. The molecule has 0 aromatic carbocycles. The zero-order chi connectivity index (χ0) is 23.4. The van der Waals surface area contributed by atoms with Gasteiger partial charge in [-0.2, -0.15) is 0 Å². The van der Waals surface area contributed by atoms with Crippen LogP contribution in [0.2, 0.25) is 0 Å². The van der Waals surface area contributed by atoms with Crippen LogP contribution in [0.25, 0.3) is 0 Å². The van der Waals surface area contributed by atoms with E-state index in [0.29, 0.717) is 19.3 Å². The van der Waals surface area contributed by atoms with Gasteiger partial charge in [-0.1, -0.05) is 20.8 Å². The molecule has 8 nitrogen and oxygen atoms in total. The Labute approximate surface area is 188 Å². The molecule has 0 unspecified atom stereocenters. The fraction of sp³-hybridized carbons (Fsp3) is 0.917. The molecular weight excluding hydrogens is 416 g/mol. The minimum absolute atomic E-state index is 0.0399. The molecule has 4 saturated carbocycles. The fourth-order valence-corrected chi connectivity index (χ4v) is 9.44. The number of carbonyl (C=O) groups is 2. The van der Waals surface area contributed by atoms with Gasteiger partial charge in [0.2, 0.25) is 0 Å². The number of fused-ring (bicyclic) bond motifs is 1. The molecule has 6 fully saturated rings. The van der Waals surface area contributed by atoms with E-state index >= 15 is 0 Å². The molecule has 6 aliphatic rings. The summed E-state index contributed by atoms with van der Waals surface area (Å²) >= 11 is 0. The lowest BCUT2D eigenvalue weighted by Gasteiger charge is -2.70. The van der Waals surface area contributed by atoms with Crippen LogP contribution in [0, 0.1) is 34.0 Å². The third-order valence-electron chi connectivity index (χ3n) is 10.1. The molecule has 180 valence electrons. The molecule has 0 radical (unpaired) electrons. The molecule has 2 heterocycles. The quantitative estimate of drug-likeness (QED) is 0.546. The molecule has 8 heteroatoms. The molecular formula is C24H36O8. The Morgan fingerprint density at radius 2 is 1.72 bits per heavy atom. The zero-order valence-corrected chi connectivity index (χ0v) is 19.5. The van der Waals surface area contributed by atoms with Gasteiger partial charge in [-0.25, -0.2) is 0 Å². The van der Waals surface area contributed by atoms with Crippen LogP contribution in [0.1, 0.15) is 60.3 Å². The van der Waals surface area contributed by atoms with Gasteiger partial charge in [0, 0.05) is 36.5 Å². The molecule has 11 atom stereocenters. The van der Waals surface area contributed by atoms with Crippen LogP contribution in [0.4, 0.5) is 0 Å². The molecule has 0 amide bonds. The van der Waals surface area contributed by atoms with Crippen LogP contribution in [0.5, 0.6) is 0 Å². The minimum atomic E-state index is -1.11. The number of rotatable bonds is 3. The van der Waals surface area contributed by atoms with Gasteiger partial charge >= 0.3 is 11.9 Å². The first-order valence-corrected chi connectivity index (χ1v) is 11.9. The van der Waals surface area contributed by atoms with Crippen LogP contribution < -0.4 is 0 Å². The SMILES string of the molecule is CC(=O)O[C@@H]1[C@@H]2C(C)(C)[C@@H](OC(C)=O)CC[C@]2(C)[C@@H]2[C@@H]3C[C@@H]4C[C@]2([C@H](O)[C@]4(CO)O3)[C@H]1O. The third kappa shape index (κ3) is 2.42. The molecule has 1 spiro atoms. The lowest BCUT2D eigenvalue weighted by molar-refractivity contribution is -0.337. The number of aliphatic hydroxyl groups excluding tert-OH is 3. The largest absolute Gasteiger partial charge is 0.462 e. The predicted molar refractivity (Wildman–Crippen MR) is 111 cm³/mol. The second-order valence-electron chi connectivity index (χ2n) is 11.9. The van der Waals surface area contributed by atoms with E-state index in [1.54, 1.807) is 0 Å². The number of aliphatic hydroxyl groups is 3.